The van der Waals surface area contributed by atoms with Gasteiger partial charge in [-0.2, -0.15) is 0 Å². The van der Waals surface area contributed by atoms with Crippen LogP contribution in [0.25, 0.3) is 0 Å². The molecule has 1 N–H and O–H groups in total. The van der Waals surface area contributed by atoms with E-state index in [0.29, 0.717) is 0 Å². The van der Waals surface area contributed by atoms with E-state index in [2.05, 4.69) is 44.8 Å². The van der Waals surface area contributed by atoms with Gasteiger partial charge in [0.2, 0.25) is 0 Å². The van der Waals surface area contributed by atoms with Crippen molar-refractivity contribution >= 4 is 0 Å². The van der Waals surface area contributed by atoms with E-state index in [1.807, 2.05) is 6.92 Å². The highest BCUT2D eigenvalue weighted by molar-refractivity contribution is 4.77. The van der Waals surface area contributed by atoms with Crippen LogP contribution in [0.5, 0.6) is 0 Å². The lowest BCUT2D eigenvalue weighted by Crippen LogP contribution is -2.39. The Labute approximate surface area is 95.1 Å². The first kappa shape index (κ1) is 14.9. The number of nitrogens with zero attached hydrogens (tertiary/aromatic N) is 2. The molecule has 3 heteroatoms. The van der Waals surface area contributed by atoms with E-state index < -0.39 is 0 Å². The van der Waals surface area contributed by atoms with Gasteiger partial charge in [0.15, 0.2) is 0 Å². The summed E-state index contributed by atoms with van der Waals surface area (Å²) in [5, 5.41) is 9.61. The zero-order chi connectivity index (χ0) is 12.1. The van der Waals surface area contributed by atoms with Gasteiger partial charge in [-0.3, -0.25) is 0 Å². The molecule has 0 rings (SSSR count). The summed E-state index contributed by atoms with van der Waals surface area (Å²) in [5.74, 6) is 0. The van der Waals surface area contributed by atoms with Gasteiger partial charge in [0.1, 0.15) is 0 Å². The number of aliphatic hydroxyl groups is 1. The second kappa shape index (κ2) is 6.46. The largest absolute Gasteiger partial charge is 0.393 e. The molecule has 0 amide bonds. The zero-order valence-corrected chi connectivity index (χ0v) is 11.2. The predicted octanol–water partition coefficient (Wildman–Crippen LogP) is 1.28. The van der Waals surface area contributed by atoms with Crippen molar-refractivity contribution in [2.24, 2.45) is 5.41 Å². The Morgan fingerprint density at radius 1 is 1.13 bits per heavy atom. The fourth-order valence-corrected chi connectivity index (χ4v) is 1.56. The van der Waals surface area contributed by atoms with E-state index in [0.717, 1.165) is 19.6 Å². The lowest BCUT2D eigenvalue weighted by Gasteiger charge is -2.33. The molecule has 0 heterocycles. The fourth-order valence-electron chi connectivity index (χ4n) is 1.56. The average molecular weight is 216 g/mol. The Morgan fingerprint density at radius 3 is 2.07 bits per heavy atom. The van der Waals surface area contributed by atoms with Crippen molar-refractivity contribution in [3.63, 3.8) is 0 Å². The van der Waals surface area contributed by atoms with Crippen LogP contribution in [0.15, 0.2) is 0 Å². The standard InChI is InChI=1S/C12H28N2O/c1-11(15)12(2,3)10-14(6)9-7-8-13(4)5/h11,15H,7-10H2,1-6H3. The summed E-state index contributed by atoms with van der Waals surface area (Å²) in [6.07, 6.45) is 0.924. The number of hydrogen-bond donors (Lipinski definition) is 1. The van der Waals surface area contributed by atoms with Gasteiger partial charge in [0, 0.05) is 12.0 Å². The molecular formula is C12H28N2O. The quantitative estimate of drug-likeness (QED) is 0.694. The molecule has 0 aliphatic carbocycles. The molecule has 0 aliphatic heterocycles. The molecule has 0 saturated heterocycles. The minimum atomic E-state index is -0.256. The average Bonchev–Trinajstić information content (AvgIpc) is 2.01. The second-order valence-corrected chi connectivity index (χ2v) is 5.56. The molecule has 1 atom stereocenters. The van der Waals surface area contributed by atoms with Gasteiger partial charge in [-0.05, 0) is 47.6 Å². The molecule has 0 aromatic heterocycles. The van der Waals surface area contributed by atoms with E-state index in [1.54, 1.807) is 0 Å². The molecule has 0 aliphatic rings. The Kier molecular flexibility index (Phi) is 6.41. The third kappa shape index (κ3) is 6.88. The van der Waals surface area contributed by atoms with Crippen molar-refractivity contribution in [1.82, 2.24) is 9.80 Å². The lowest BCUT2D eigenvalue weighted by atomic mass is 9.87. The lowest BCUT2D eigenvalue weighted by molar-refractivity contribution is 0.0403. The maximum absolute atomic E-state index is 9.61. The van der Waals surface area contributed by atoms with Crippen LogP contribution in [0.4, 0.5) is 0 Å². The smallest absolute Gasteiger partial charge is 0.0575 e. The van der Waals surface area contributed by atoms with Gasteiger partial charge in [-0.15, -0.1) is 0 Å². The van der Waals surface area contributed by atoms with Crippen molar-refractivity contribution in [2.45, 2.75) is 33.3 Å². The van der Waals surface area contributed by atoms with E-state index in [1.165, 1.54) is 6.42 Å². The van der Waals surface area contributed by atoms with Crippen LogP contribution in [0.2, 0.25) is 0 Å². The van der Waals surface area contributed by atoms with Crippen LogP contribution < -0.4 is 0 Å². The van der Waals surface area contributed by atoms with Crippen molar-refractivity contribution in [3.05, 3.63) is 0 Å². The van der Waals surface area contributed by atoms with E-state index in [9.17, 15) is 5.11 Å². The number of rotatable bonds is 7. The van der Waals surface area contributed by atoms with Crippen LogP contribution >= 0.6 is 0 Å². The maximum atomic E-state index is 9.61. The van der Waals surface area contributed by atoms with Crippen molar-refractivity contribution < 1.29 is 5.11 Å². The van der Waals surface area contributed by atoms with E-state index in [-0.39, 0.29) is 11.5 Å². The zero-order valence-electron chi connectivity index (χ0n) is 11.2. The minimum absolute atomic E-state index is 0.0210. The molecule has 3 nitrogen and oxygen atoms in total. The van der Waals surface area contributed by atoms with Gasteiger partial charge in [-0.25, -0.2) is 0 Å². The van der Waals surface area contributed by atoms with Crippen LogP contribution in [0.3, 0.4) is 0 Å². The summed E-state index contributed by atoms with van der Waals surface area (Å²) < 4.78 is 0. The molecular weight excluding hydrogens is 188 g/mol. The molecule has 0 bridgehead atoms. The normalized spacial score (nSPS) is 15.0. The van der Waals surface area contributed by atoms with Crippen LogP contribution in [0.1, 0.15) is 27.2 Å². The van der Waals surface area contributed by atoms with Crippen molar-refractivity contribution in [3.8, 4) is 0 Å². The monoisotopic (exact) mass is 216 g/mol. The summed E-state index contributed by atoms with van der Waals surface area (Å²) in [7, 11) is 6.32. The van der Waals surface area contributed by atoms with E-state index >= 15 is 0 Å². The first-order valence-electron chi connectivity index (χ1n) is 5.77. The Bertz CT molecular complexity index is 167. The van der Waals surface area contributed by atoms with Gasteiger partial charge in [-0.1, -0.05) is 13.8 Å². The third-order valence-electron chi connectivity index (χ3n) is 2.95. The second-order valence-electron chi connectivity index (χ2n) is 5.56. The van der Waals surface area contributed by atoms with Gasteiger partial charge in [0.05, 0.1) is 6.10 Å². The fraction of sp³-hybridized carbons (Fsp3) is 1.00. The van der Waals surface area contributed by atoms with Crippen LogP contribution in [-0.2, 0) is 0 Å². The minimum Gasteiger partial charge on any atom is -0.393 e. The van der Waals surface area contributed by atoms with Crippen LogP contribution in [-0.4, -0.2) is 61.8 Å². The number of aliphatic hydroxyl groups excluding tert-OH is 1. The highest BCUT2D eigenvalue weighted by Gasteiger charge is 2.25. The third-order valence-corrected chi connectivity index (χ3v) is 2.95. The first-order chi connectivity index (χ1) is 6.75. The topological polar surface area (TPSA) is 26.7 Å². The SMILES string of the molecule is CC(O)C(C)(C)CN(C)CCCN(C)C. The molecule has 0 saturated carbocycles. The highest BCUT2D eigenvalue weighted by atomic mass is 16.3. The summed E-state index contributed by atoms with van der Waals surface area (Å²) in [6, 6.07) is 0. The Balaban J connectivity index is 3.78. The molecule has 0 fully saturated rings. The molecule has 0 spiro atoms. The molecule has 0 aromatic rings. The van der Waals surface area contributed by atoms with Crippen molar-refractivity contribution in [2.75, 3.05) is 40.8 Å². The molecule has 15 heavy (non-hydrogen) atoms. The maximum Gasteiger partial charge on any atom is 0.0575 e. The van der Waals surface area contributed by atoms with Gasteiger partial charge < -0.3 is 14.9 Å². The molecule has 92 valence electrons. The van der Waals surface area contributed by atoms with Crippen LogP contribution in [0, 0.1) is 5.41 Å². The molecule has 0 radical (unpaired) electrons. The van der Waals surface area contributed by atoms with Crippen molar-refractivity contribution in [1.29, 1.82) is 0 Å². The summed E-state index contributed by atoms with van der Waals surface area (Å²) in [6.45, 7) is 9.25. The number of hydrogen-bond acceptors (Lipinski definition) is 3. The highest BCUT2D eigenvalue weighted by Crippen LogP contribution is 2.21. The van der Waals surface area contributed by atoms with Gasteiger partial charge >= 0.3 is 0 Å². The Morgan fingerprint density at radius 2 is 1.67 bits per heavy atom. The van der Waals surface area contributed by atoms with E-state index in [4.69, 9.17) is 0 Å². The summed E-state index contributed by atoms with van der Waals surface area (Å²) in [5.41, 5.74) is -0.0210. The summed E-state index contributed by atoms with van der Waals surface area (Å²) >= 11 is 0. The molecule has 1 unspecified atom stereocenters. The Hall–Kier alpha value is -0.120. The summed E-state index contributed by atoms with van der Waals surface area (Å²) in [4.78, 5) is 4.50. The predicted molar refractivity (Wildman–Crippen MR) is 66.1 cm³/mol. The first-order valence-corrected chi connectivity index (χ1v) is 5.77. The van der Waals surface area contributed by atoms with Gasteiger partial charge in [0.25, 0.3) is 0 Å². The molecule has 0 aromatic carbocycles.